The fourth-order valence-corrected chi connectivity index (χ4v) is 2.45. The van der Waals surface area contributed by atoms with Gasteiger partial charge in [-0.15, -0.1) is 10.2 Å². The van der Waals surface area contributed by atoms with Gasteiger partial charge in [0.25, 0.3) is 0 Å². The van der Waals surface area contributed by atoms with E-state index in [1.165, 1.54) is 15.9 Å². The van der Waals surface area contributed by atoms with Crippen LogP contribution >= 0.6 is 0 Å². The van der Waals surface area contributed by atoms with Crippen molar-refractivity contribution in [2.45, 2.75) is 31.9 Å². The number of hydrogen-bond donors (Lipinski definition) is 1. The van der Waals surface area contributed by atoms with Crippen LogP contribution in [0.3, 0.4) is 0 Å². The van der Waals surface area contributed by atoms with Crippen LogP contribution in [0.4, 0.5) is 0 Å². The Morgan fingerprint density at radius 1 is 1.47 bits per heavy atom. The first-order chi connectivity index (χ1) is 9.22. The molecule has 0 aliphatic heterocycles. The molecule has 1 atom stereocenters. The first-order valence-electron chi connectivity index (χ1n) is 6.46. The van der Waals surface area contributed by atoms with Gasteiger partial charge < -0.3 is 10.5 Å². The van der Waals surface area contributed by atoms with Crippen LogP contribution in [0, 0.1) is 0 Å². The minimum atomic E-state index is 0.166. The summed E-state index contributed by atoms with van der Waals surface area (Å²) in [6, 6.07) is 6.27. The fraction of sp³-hybridized carbons (Fsp3) is 0.462. The summed E-state index contributed by atoms with van der Waals surface area (Å²) in [6.07, 6.45) is 3.28. The quantitative estimate of drug-likeness (QED) is 0.893. The van der Waals surface area contributed by atoms with Crippen molar-refractivity contribution >= 4 is 0 Å². The number of fused-ring (bicyclic) bond motifs is 1. The van der Waals surface area contributed by atoms with Crippen LogP contribution in [-0.4, -0.2) is 20.2 Å². The van der Waals surface area contributed by atoms with Crippen molar-refractivity contribution in [2.24, 2.45) is 12.8 Å². The highest BCUT2D eigenvalue weighted by atomic mass is 16.5. The second-order valence-corrected chi connectivity index (χ2v) is 4.84. The summed E-state index contributed by atoms with van der Waals surface area (Å²) in [4.78, 5) is 1.42. The molecule has 3 rings (SSSR count). The lowest BCUT2D eigenvalue weighted by molar-refractivity contribution is 0.294. The highest BCUT2D eigenvalue weighted by molar-refractivity contribution is 5.38. The Morgan fingerprint density at radius 2 is 2.37 bits per heavy atom. The summed E-state index contributed by atoms with van der Waals surface area (Å²) in [7, 11) is 1.73. The molecule has 0 saturated heterocycles. The van der Waals surface area contributed by atoms with Crippen LogP contribution in [0.25, 0.3) is 0 Å². The fourth-order valence-electron chi connectivity index (χ4n) is 2.45. The Bertz CT molecular complexity index is 580. The van der Waals surface area contributed by atoms with Crippen molar-refractivity contribution in [3.8, 4) is 5.75 Å². The van der Waals surface area contributed by atoms with Gasteiger partial charge in [0, 0.05) is 6.04 Å². The molecular formula is C13H17N5O. The number of ether oxygens (including phenoxy) is 1. The van der Waals surface area contributed by atoms with Gasteiger partial charge >= 0.3 is 0 Å². The van der Waals surface area contributed by atoms with E-state index in [9.17, 15) is 0 Å². The number of nitrogens with two attached hydrogens (primary N) is 1. The molecule has 19 heavy (non-hydrogen) atoms. The molecule has 0 amide bonds. The van der Waals surface area contributed by atoms with Crippen molar-refractivity contribution in [3.05, 3.63) is 35.2 Å². The van der Waals surface area contributed by atoms with E-state index < -0.39 is 0 Å². The zero-order valence-electron chi connectivity index (χ0n) is 10.9. The maximum absolute atomic E-state index is 6.09. The molecule has 1 aliphatic carbocycles. The largest absolute Gasteiger partial charge is 0.485 e. The van der Waals surface area contributed by atoms with E-state index in [0.717, 1.165) is 25.0 Å². The lowest BCUT2D eigenvalue weighted by Gasteiger charge is -2.22. The van der Waals surface area contributed by atoms with Crippen LogP contribution in [0.2, 0.25) is 0 Å². The minimum absolute atomic E-state index is 0.166. The minimum Gasteiger partial charge on any atom is -0.485 e. The van der Waals surface area contributed by atoms with Crippen molar-refractivity contribution in [1.82, 2.24) is 20.2 Å². The van der Waals surface area contributed by atoms with Gasteiger partial charge in [-0.1, -0.05) is 6.07 Å². The molecule has 0 spiro atoms. The molecular weight excluding hydrogens is 242 g/mol. The van der Waals surface area contributed by atoms with Gasteiger partial charge in [0.1, 0.15) is 5.75 Å². The predicted molar refractivity (Wildman–Crippen MR) is 69.4 cm³/mol. The third-order valence-corrected chi connectivity index (χ3v) is 3.39. The molecule has 1 aliphatic rings. The molecule has 0 radical (unpaired) electrons. The summed E-state index contributed by atoms with van der Waals surface area (Å²) in [6.45, 7) is 0.332. The lowest BCUT2D eigenvalue weighted by Crippen LogP contribution is -2.17. The smallest absolute Gasteiger partial charge is 0.212 e. The number of tetrazole rings is 1. The monoisotopic (exact) mass is 259 g/mol. The van der Waals surface area contributed by atoms with Gasteiger partial charge in [-0.3, -0.25) is 0 Å². The van der Waals surface area contributed by atoms with Crippen molar-refractivity contribution in [2.75, 3.05) is 0 Å². The molecule has 0 bridgehead atoms. The zero-order chi connectivity index (χ0) is 13.2. The first kappa shape index (κ1) is 12.1. The number of hydrogen-bond acceptors (Lipinski definition) is 5. The molecule has 0 saturated carbocycles. The van der Waals surface area contributed by atoms with Gasteiger partial charge in [-0.05, 0) is 47.7 Å². The number of aromatic nitrogens is 4. The summed E-state index contributed by atoms with van der Waals surface area (Å²) in [5, 5.41) is 11.7. The second kappa shape index (κ2) is 4.97. The molecule has 2 N–H and O–H groups in total. The highest BCUT2D eigenvalue weighted by Gasteiger charge is 2.17. The average molecular weight is 259 g/mol. The molecule has 1 unspecified atom stereocenters. The molecule has 1 heterocycles. The maximum Gasteiger partial charge on any atom is 0.212 e. The number of rotatable bonds is 3. The normalized spacial score (nSPS) is 18.1. The number of aryl methyl sites for hydroxylation is 2. The van der Waals surface area contributed by atoms with Crippen LogP contribution < -0.4 is 10.5 Å². The second-order valence-electron chi connectivity index (χ2n) is 4.84. The Hall–Kier alpha value is -1.95. The maximum atomic E-state index is 6.09. The molecule has 1 aromatic carbocycles. The SMILES string of the molecule is Cn1nnc(COc2ccc3c(c2)CCCC3N)n1. The van der Waals surface area contributed by atoms with E-state index in [4.69, 9.17) is 10.5 Å². The van der Waals surface area contributed by atoms with Gasteiger partial charge in [0.05, 0.1) is 7.05 Å². The molecule has 6 nitrogen and oxygen atoms in total. The van der Waals surface area contributed by atoms with Crippen molar-refractivity contribution in [3.63, 3.8) is 0 Å². The van der Waals surface area contributed by atoms with Gasteiger partial charge in [-0.2, -0.15) is 4.80 Å². The molecule has 0 fully saturated rings. The molecule has 2 aromatic rings. The van der Waals surface area contributed by atoms with E-state index in [0.29, 0.717) is 12.4 Å². The Morgan fingerprint density at radius 3 is 3.16 bits per heavy atom. The third kappa shape index (κ3) is 2.58. The van der Waals surface area contributed by atoms with Gasteiger partial charge in [-0.25, -0.2) is 0 Å². The van der Waals surface area contributed by atoms with E-state index in [1.54, 1.807) is 7.05 Å². The standard InChI is InChI=1S/C13H17N5O/c1-18-16-13(15-17-18)8-19-10-5-6-11-9(7-10)3-2-4-12(11)14/h5-7,12H,2-4,8,14H2,1H3. The lowest BCUT2D eigenvalue weighted by atomic mass is 9.88. The Kier molecular flexibility index (Phi) is 3.16. The van der Waals surface area contributed by atoms with E-state index >= 15 is 0 Å². The summed E-state index contributed by atoms with van der Waals surface area (Å²) < 4.78 is 5.69. The molecule has 6 heteroatoms. The summed E-state index contributed by atoms with van der Waals surface area (Å²) in [5.41, 5.74) is 8.63. The Labute approximate surface area is 111 Å². The van der Waals surface area contributed by atoms with Crippen LogP contribution in [0.15, 0.2) is 18.2 Å². The highest BCUT2D eigenvalue weighted by Crippen LogP contribution is 2.30. The Balaban J connectivity index is 1.72. The number of nitrogens with zero attached hydrogens (tertiary/aromatic N) is 4. The van der Waals surface area contributed by atoms with E-state index in [-0.39, 0.29) is 6.04 Å². The van der Waals surface area contributed by atoms with E-state index in [1.807, 2.05) is 6.07 Å². The number of benzene rings is 1. The van der Waals surface area contributed by atoms with Crippen LogP contribution in [0.5, 0.6) is 5.75 Å². The average Bonchev–Trinajstić information content (AvgIpc) is 2.82. The van der Waals surface area contributed by atoms with E-state index in [2.05, 4.69) is 27.5 Å². The van der Waals surface area contributed by atoms with Gasteiger partial charge in [0.2, 0.25) is 5.82 Å². The van der Waals surface area contributed by atoms with Crippen molar-refractivity contribution in [1.29, 1.82) is 0 Å². The summed E-state index contributed by atoms with van der Waals surface area (Å²) in [5.74, 6) is 1.41. The van der Waals surface area contributed by atoms with Crippen LogP contribution in [0.1, 0.15) is 35.8 Å². The third-order valence-electron chi connectivity index (χ3n) is 3.39. The summed E-state index contributed by atoms with van der Waals surface area (Å²) >= 11 is 0. The molecule has 100 valence electrons. The first-order valence-corrected chi connectivity index (χ1v) is 6.46. The molecule has 1 aromatic heterocycles. The van der Waals surface area contributed by atoms with Crippen molar-refractivity contribution < 1.29 is 4.74 Å². The topological polar surface area (TPSA) is 78.8 Å². The van der Waals surface area contributed by atoms with Gasteiger partial charge in [0.15, 0.2) is 6.61 Å². The van der Waals surface area contributed by atoms with Crippen LogP contribution in [-0.2, 0) is 20.1 Å². The predicted octanol–water partition coefficient (Wildman–Crippen LogP) is 1.13. The zero-order valence-corrected chi connectivity index (χ0v) is 10.9.